The van der Waals surface area contributed by atoms with Gasteiger partial charge in [0.1, 0.15) is 5.82 Å². The maximum Gasteiger partial charge on any atom is 0.205 e. The monoisotopic (exact) mass is 212 g/mol. The Balaban J connectivity index is 2.17. The highest BCUT2D eigenvalue weighted by Crippen LogP contribution is 2.33. The molecule has 2 N–H and O–H groups in total. The summed E-state index contributed by atoms with van der Waals surface area (Å²) in [6.45, 7) is 4.75. The molecule has 1 aliphatic rings. The van der Waals surface area contributed by atoms with Crippen molar-refractivity contribution in [3.8, 4) is 0 Å². The standard InChI is InChI=1S/C9H16N4S/c1-6(5-10)13(8-3-4-8)9-11-7(2)12-14-9/h6,8H,3-5,10H2,1-2H3. The molecule has 1 saturated carbocycles. The summed E-state index contributed by atoms with van der Waals surface area (Å²) in [6, 6.07) is 1.02. The Kier molecular flexibility index (Phi) is 2.69. The van der Waals surface area contributed by atoms with Crippen LogP contribution in [0, 0.1) is 6.92 Å². The second kappa shape index (κ2) is 3.82. The number of nitrogens with zero attached hydrogens (tertiary/aromatic N) is 3. The Bertz CT molecular complexity index is 308. The molecular formula is C9H16N4S. The number of rotatable bonds is 4. The summed E-state index contributed by atoms with van der Waals surface area (Å²) < 4.78 is 4.21. The van der Waals surface area contributed by atoms with Gasteiger partial charge in [0.05, 0.1) is 0 Å². The van der Waals surface area contributed by atoms with Gasteiger partial charge in [0.2, 0.25) is 5.13 Å². The number of aryl methyl sites for hydroxylation is 1. The van der Waals surface area contributed by atoms with Crippen LogP contribution >= 0.6 is 11.5 Å². The van der Waals surface area contributed by atoms with Gasteiger partial charge in [-0.1, -0.05) is 0 Å². The molecule has 1 aromatic rings. The Morgan fingerprint density at radius 2 is 2.36 bits per heavy atom. The minimum absolute atomic E-state index is 0.370. The molecule has 78 valence electrons. The third-order valence-electron chi connectivity index (χ3n) is 2.49. The summed E-state index contributed by atoms with van der Waals surface area (Å²) in [4.78, 5) is 6.74. The smallest absolute Gasteiger partial charge is 0.205 e. The molecule has 5 heteroatoms. The first-order valence-electron chi connectivity index (χ1n) is 5.01. The molecule has 1 aromatic heterocycles. The van der Waals surface area contributed by atoms with Gasteiger partial charge in [-0.3, -0.25) is 0 Å². The van der Waals surface area contributed by atoms with Crippen molar-refractivity contribution in [1.29, 1.82) is 0 Å². The van der Waals surface area contributed by atoms with E-state index in [0.29, 0.717) is 18.6 Å². The highest BCUT2D eigenvalue weighted by atomic mass is 32.1. The SMILES string of the molecule is Cc1nsc(N(C(C)CN)C2CC2)n1. The Morgan fingerprint density at radius 3 is 2.79 bits per heavy atom. The first-order valence-corrected chi connectivity index (χ1v) is 5.78. The summed E-state index contributed by atoms with van der Waals surface area (Å²) in [6.07, 6.45) is 2.53. The molecule has 4 nitrogen and oxygen atoms in total. The van der Waals surface area contributed by atoms with Crippen LogP contribution in [0.4, 0.5) is 5.13 Å². The molecule has 0 amide bonds. The largest absolute Gasteiger partial charge is 0.340 e. The van der Waals surface area contributed by atoms with Gasteiger partial charge in [-0.2, -0.15) is 4.37 Å². The van der Waals surface area contributed by atoms with E-state index in [2.05, 4.69) is 21.2 Å². The van der Waals surface area contributed by atoms with Gasteiger partial charge in [-0.05, 0) is 26.7 Å². The fourth-order valence-corrected chi connectivity index (χ4v) is 2.41. The number of anilines is 1. The van der Waals surface area contributed by atoms with E-state index in [1.165, 1.54) is 24.4 Å². The third-order valence-corrected chi connectivity index (χ3v) is 3.31. The van der Waals surface area contributed by atoms with E-state index < -0.39 is 0 Å². The number of nitrogens with two attached hydrogens (primary N) is 1. The topological polar surface area (TPSA) is 55.0 Å². The Labute approximate surface area is 88.3 Å². The van der Waals surface area contributed by atoms with E-state index in [1.54, 1.807) is 0 Å². The molecule has 14 heavy (non-hydrogen) atoms. The van der Waals surface area contributed by atoms with Crippen LogP contribution in [0.3, 0.4) is 0 Å². The van der Waals surface area contributed by atoms with Gasteiger partial charge in [0.15, 0.2) is 0 Å². The lowest BCUT2D eigenvalue weighted by molar-refractivity contribution is 0.635. The van der Waals surface area contributed by atoms with Crippen molar-refractivity contribution >= 4 is 16.7 Å². The van der Waals surface area contributed by atoms with E-state index in [0.717, 1.165) is 11.0 Å². The van der Waals surface area contributed by atoms with E-state index in [4.69, 9.17) is 5.73 Å². The number of aromatic nitrogens is 2. The average molecular weight is 212 g/mol. The molecule has 2 rings (SSSR count). The third kappa shape index (κ3) is 1.88. The molecule has 1 unspecified atom stereocenters. The first kappa shape index (κ1) is 9.86. The van der Waals surface area contributed by atoms with Gasteiger partial charge >= 0.3 is 0 Å². The Morgan fingerprint density at radius 1 is 1.64 bits per heavy atom. The fourth-order valence-electron chi connectivity index (χ4n) is 1.56. The first-order chi connectivity index (χ1) is 6.72. The summed E-state index contributed by atoms with van der Waals surface area (Å²) in [5, 5.41) is 1.03. The molecule has 1 atom stereocenters. The van der Waals surface area contributed by atoms with Crippen molar-refractivity contribution < 1.29 is 0 Å². The summed E-state index contributed by atoms with van der Waals surface area (Å²) in [7, 11) is 0. The maximum absolute atomic E-state index is 5.70. The highest BCUT2D eigenvalue weighted by molar-refractivity contribution is 7.09. The zero-order valence-electron chi connectivity index (χ0n) is 8.60. The number of hydrogen-bond acceptors (Lipinski definition) is 5. The predicted molar refractivity (Wildman–Crippen MR) is 58.7 cm³/mol. The van der Waals surface area contributed by atoms with Gasteiger partial charge in [0.25, 0.3) is 0 Å². The summed E-state index contributed by atoms with van der Waals surface area (Å²) >= 11 is 1.48. The normalized spacial score (nSPS) is 18.2. The lowest BCUT2D eigenvalue weighted by atomic mass is 10.3. The summed E-state index contributed by atoms with van der Waals surface area (Å²) in [5.74, 6) is 0.861. The molecule has 1 heterocycles. The maximum atomic E-state index is 5.70. The van der Waals surface area contributed by atoms with Crippen molar-refractivity contribution in [1.82, 2.24) is 9.36 Å². The van der Waals surface area contributed by atoms with Crippen LogP contribution in [-0.4, -0.2) is 28.0 Å². The van der Waals surface area contributed by atoms with Crippen LogP contribution in [0.1, 0.15) is 25.6 Å². The van der Waals surface area contributed by atoms with E-state index in [-0.39, 0.29) is 0 Å². The fraction of sp³-hybridized carbons (Fsp3) is 0.778. The van der Waals surface area contributed by atoms with Crippen LogP contribution in [0.5, 0.6) is 0 Å². The number of hydrogen-bond donors (Lipinski definition) is 1. The van der Waals surface area contributed by atoms with Crippen LogP contribution in [-0.2, 0) is 0 Å². The van der Waals surface area contributed by atoms with Gasteiger partial charge in [-0.25, -0.2) is 4.98 Å². The van der Waals surface area contributed by atoms with Crippen LogP contribution in [0.2, 0.25) is 0 Å². The van der Waals surface area contributed by atoms with E-state index in [9.17, 15) is 0 Å². The van der Waals surface area contributed by atoms with E-state index in [1.807, 2.05) is 6.92 Å². The lowest BCUT2D eigenvalue weighted by Crippen LogP contribution is -2.40. The molecule has 0 aromatic carbocycles. The lowest BCUT2D eigenvalue weighted by Gasteiger charge is -2.27. The molecule has 0 aliphatic heterocycles. The van der Waals surface area contributed by atoms with Crippen LogP contribution in [0.15, 0.2) is 0 Å². The van der Waals surface area contributed by atoms with Crippen molar-refractivity contribution in [2.45, 2.75) is 38.8 Å². The zero-order valence-corrected chi connectivity index (χ0v) is 9.42. The van der Waals surface area contributed by atoms with Crippen LogP contribution < -0.4 is 10.6 Å². The Hall–Kier alpha value is -0.680. The molecule has 0 bridgehead atoms. The summed E-state index contributed by atoms with van der Waals surface area (Å²) in [5.41, 5.74) is 5.70. The molecule has 0 spiro atoms. The molecule has 0 saturated heterocycles. The van der Waals surface area contributed by atoms with Crippen LogP contribution in [0.25, 0.3) is 0 Å². The molecule has 0 radical (unpaired) electrons. The molecular weight excluding hydrogens is 196 g/mol. The van der Waals surface area contributed by atoms with Gasteiger partial charge in [0, 0.05) is 30.2 Å². The van der Waals surface area contributed by atoms with Crippen molar-refractivity contribution in [2.24, 2.45) is 5.73 Å². The highest BCUT2D eigenvalue weighted by Gasteiger charge is 2.33. The van der Waals surface area contributed by atoms with Crippen molar-refractivity contribution in [2.75, 3.05) is 11.4 Å². The minimum Gasteiger partial charge on any atom is -0.340 e. The zero-order chi connectivity index (χ0) is 10.1. The van der Waals surface area contributed by atoms with Crippen molar-refractivity contribution in [3.63, 3.8) is 0 Å². The van der Waals surface area contributed by atoms with E-state index >= 15 is 0 Å². The minimum atomic E-state index is 0.370. The van der Waals surface area contributed by atoms with Gasteiger partial charge < -0.3 is 10.6 Å². The average Bonchev–Trinajstić information content (AvgIpc) is 2.90. The van der Waals surface area contributed by atoms with Crippen molar-refractivity contribution in [3.05, 3.63) is 5.82 Å². The quantitative estimate of drug-likeness (QED) is 0.814. The second-order valence-electron chi connectivity index (χ2n) is 3.85. The molecule has 1 fully saturated rings. The van der Waals surface area contributed by atoms with Gasteiger partial charge in [-0.15, -0.1) is 0 Å². The predicted octanol–water partition coefficient (Wildman–Crippen LogP) is 1.16. The molecule has 1 aliphatic carbocycles. The second-order valence-corrected chi connectivity index (χ2v) is 4.58.